The molecule has 4 heteroatoms. The van der Waals surface area contributed by atoms with Gasteiger partial charge in [0.2, 0.25) is 0 Å². The minimum Gasteiger partial charge on any atom is -0.489 e. The lowest BCUT2D eigenvalue weighted by Gasteiger charge is -2.27. The van der Waals surface area contributed by atoms with Gasteiger partial charge in [-0.05, 0) is 31.4 Å². The molecule has 19 heavy (non-hydrogen) atoms. The highest BCUT2D eigenvalue weighted by Crippen LogP contribution is 2.29. The van der Waals surface area contributed by atoms with Crippen molar-refractivity contribution >= 4 is 11.6 Å². The molecule has 1 aliphatic carbocycles. The van der Waals surface area contributed by atoms with E-state index < -0.39 is 0 Å². The van der Waals surface area contributed by atoms with E-state index in [0.717, 1.165) is 25.7 Å². The summed E-state index contributed by atoms with van der Waals surface area (Å²) in [6.07, 6.45) is 3.91. The highest BCUT2D eigenvalue weighted by Gasteiger charge is 2.26. The number of hydrogen-bond acceptors (Lipinski definition) is 3. The summed E-state index contributed by atoms with van der Waals surface area (Å²) in [5.74, 6) is 0.583. The molecule has 0 N–H and O–H groups in total. The van der Waals surface area contributed by atoms with E-state index in [-0.39, 0.29) is 19.4 Å². The van der Waals surface area contributed by atoms with Gasteiger partial charge in [-0.25, -0.2) is 0 Å². The van der Waals surface area contributed by atoms with E-state index in [1.165, 1.54) is 0 Å². The van der Waals surface area contributed by atoms with Crippen LogP contribution in [0.15, 0.2) is 18.2 Å². The van der Waals surface area contributed by atoms with Crippen LogP contribution >= 0.6 is 11.6 Å². The lowest BCUT2D eigenvalue weighted by Crippen LogP contribution is -2.29. The minimum absolute atomic E-state index is 0. The average Bonchev–Trinajstić information content (AvgIpc) is 2.39. The maximum absolute atomic E-state index is 9.08. The van der Waals surface area contributed by atoms with E-state index in [0.29, 0.717) is 16.3 Å². The first-order valence-corrected chi connectivity index (χ1v) is 6.38. The topological polar surface area (TPSA) is 56.8 Å². The molecule has 0 spiro atoms. The van der Waals surface area contributed by atoms with Crippen LogP contribution in [0.2, 0.25) is 5.02 Å². The fourth-order valence-corrected chi connectivity index (χ4v) is 2.43. The Bertz CT molecular complexity index is 516. The predicted molar refractivity (Wildman–Crippen MR) is 74.9 cm³/mol. The van der Waals surface area contributed by atoms with Gasteiger partial charge in [-0.2, -0.15) is 10.5 Å². The van der Waals surface area contributed by atoms with Crippen LogP contribution in [0, 0.1) is 28.6 Å². The molecule has 0 amide bonds. The largest absolute Gasteiger partial charge is 0.489 e. The third-order valence-electron chi connectivity index (χ3n) is 3.22. The monoisotopic (exact) mass is 276 g/mol. The van der Waals surface area contributed by atoms with E-state index >= 15 is 0 Å². The zero-order valence-electron chi connectivity index (χ0n) is 9.90. The van der Waals surface area contributed by atoms with Crippen LogP contribution in [-0.2, 0) is 0 Å². The Labute approximate surface area is 119 Å². The van der Waals surface area contributed by atoms with Crippen molar-refractivity contribution in [2.24, 2.45) is 5.92 Å². The summed E-state index contributed by atoms with van der Waals surface area (Å²) in [5, 5.41) is 18.3. The second-order valence-electron chi connectivity index (χ2n) is 4.43. The van der Waals surface area contributed by atoms with Gasteiger partial charge in [-0.3, -0.25) is 0 Å². The molecule has 0 radical (unpaired) electrons. The van der Waals surface area contributed by atoms with Gasteiger partial charge < -0.3 is 4.74 Å². The summed E-state index contributed by atoms with van der Waals surface area (Å²) < 4.78 is 5.82. The summed E-state index contributed by atoms with van der Waals surface area (Å²) in [4.78, 5) is 0. The predicted octanol–water partition coefficient (Wildman–Crippen LogP) is 4.31. The van der Waals surface area contributed by atoms with Gasteiger partial charge in [-0.15, -0.1) is 0 Å². The maximum Gasteiger partial charge on any atom is 0.121 e. The van der Waals surface area contributed by atoms with E-state index in [1.54, 1.807) is 18.2 Å². The molecule has 2 rings (SSSR count). The second kappa shape index (κ2) is 7.02. The Morgan fingerprint density at radius 1 is 1.21 bits per heavy atom. The Morgan fingerprint density at radius 2 is 1.95 bits per heavy atom. The molecule has 1 fully saturated rings. The van der Waals surface area contributed by atoms with Gasteiger partial charge in [0.05, 0.1) is 22.6 Å². The molecule has 0 bridgehead atoms. The zero-order chi connectivity index (χ0) is 13.0. The van der Waals surface area contributed by atoms with Crippen LogP contribution in [0.5, 0.6) is 5.75 Å². The number of benzene rings is 1. The van der Waals surface area contributed by atoms with Crippen molar-refractivity contribution in [1.29, 1.82) is 10.5 Å². The van der Waals surface area contributed by atoms with Crippen molar-refractivity contribution in [1.82, 2.24) is 0 Å². The summed E-state index contributed by atoms with van der Waals surface area (Å²) in [6, 6.07) is 9.32. The first-order valence-electron chi connectivity index (χ1n) is 6.00. The lowest BCUT2D eigenvalue weighted by atomic mass is 9.87. The van der Waals surface area contributed by atoms with Crippen LogP contribution in [-0.4, -0.2) is 6.10 Å². The molecule has 0 aliphatic heterocycles. The van der Waals surface area contributed by atoms with E-state index in [9.17, 15) is 0 Å². The number of ether oxygens (including phenoxy) is 1. The average molecular weight is 277 g/mol. The van der Waals surface area contributed by atoms with Crippen LogP contribution in [0.25, 0.3) is 0 Å². The molecule has 3 nitrogen and oxygen atoms in total. The summed E-state index contributed by atoms with van der Waals surface area (Å²) in [7, 11) is 0. The fraction of sp³-hybridized carbons (Fsp3) is 0.467. The van der Waals surface area contributed by atoms with Crippen LogP contribution in [0.3, 0.4) is 0 Å². The van der Waals surface area contributed by atoms with Gasteiger partial charge in [0.25, 0.3) is 0 Å². The molecule has 0 aromatic heterocycles. The van der Waals surface area contributed by atoms with Gasteiger partial charge in [0.15, 0.2) is 0 Å². The first-order chi connectivity index (χ1) is 8.74. The molecule has 1 aromatic rings. The molecular weight excluding hydrogens is 260 g/mol. The summed E-state index contributed by atoms with van der Waals surface area (Å²) >= 11 is 5.95. The fourth-order valence-electron chi connectivity index (χ4n) is 2.22. The third-order valence-corrected chi connectivity index (χ3v) is 3.53. The van der Waals surface area contributed by atoms with Crippen LogP contribution < -0.4 is 4.74 Å². The Kier molecular flexibility index (Phi) is 5.67. The minimum atomic E-state index is -0.0623. The van der Waals surface area contributed by atoms with Gasteiger partial charge in [0.1, 0.15) is 17.9 Å². The summed E-state index contributed by atoms with van der Waals surface area (Å²) in [5.41, 5.74) is 0.435. The highest BCUT2D eigenvalue weighted by atomic mass is 35.5. The SMILES string of the molecule is C.N#Cc1ccc(O[C@@H]2CCCC[C@H]2C#N)cc1Cl. The van der Waals surface area contributed by atoms with Crippen molar-refractivity contribution in [2.45, 2.75) is 39.2 Å². The Hall–Kier alpha value is -1.71. The lowest BCUT2D eigenvalue weighted by molar-refractivity contribution is 0.120. The van der Waals surface area contributed by atoms with Crippen LogP contribution in [0.4, 0.5) is 0 Å². The van der Waals surface area contributed by atoms with Gasteiger partial charge in [0, 0.05) is 6.07 Å². The second-order valence-corrected chi connectivity index (χ2v) is 4.84. The zero-order valence-corrected chi connectivity index (χ0v) is 10.7. The van der Waals surface area contributed by atoms with E-state index in [4.69, 9.17) is 26.9 Å². The van der Waals surface area contributed by atoms with E-state index in [1.807, 2.05) is 6.07 Å². The third kappa shape index (κ3) is 3.63. The Morgan fingerprint density at radius 3 is 2.58 bits per heavy atom. The van der Waals surface area contributed by atoms with E-state index in [2.05, 4.69) is 6.07 Å². The number of nitrogens with zero attached hydrogens (tertiary/aromatic N) is 2. The van der Waals surface area contributed by atoms with Crippen molar-refractivity contribution in [3.63, 3.8) is 0 Å². The number of halogens is 1. The standard InChI is InChI=1S/C14H13ClN2O.CH4/c15-13-7-12(6-5-10(13)8-16)18-14-4-2-1-3-11(14)9-17;/h5-7,11,14H,1-4H2;1H4/t11-,14+;/m0./s1. The van der Waals surface area contributed by atoms with Gasteiger partial charge in [-0.1, -0.05) is 25.4 Å². The van der Waals surface area contributed by atoms with Crippen molar-refractivity contribution in [2.75, 3.05) is 0 Å². The quantitative estimate of drug-likeness (QED) is 0.809. The molecular formula is C15H17ClN2O. The van der Waals surface area contributed by atoms with Crippen LogP contribution in [0.1, 0.15) is 38.7 Å². The Balaban J connectivity index is 0.00000180. The number of rotatable bonds is 2. The normalized spacial score (nSPS) is 21.6. The molecule has 100 valence electrons. The van der Waals surface area contributed by atoms with Crippen molar-refractivity contribution in [3.8, 4) is 17.9 Å². The van der Waals surface area contributed by atoms with Gasteiger partial charge >= 0.3 is 0 Å². The number of hydrogen-bond donors (Lipinski definition) is 0. The molecule has 2 atom stereocenters. The molecule has 0 saturated heterocycles. The molecule has 1 saturated carbocycles. The summed E-state index contributed by atoms with van der Waals surface area (Å²) in [6.45, 7) is 0. The molecule has 1 aromatic carbocycles. The smallest absolute Gasteiger partial charge is 0.121 e. The van der Waals surface area contributed by atoms with Crippen molar-refractivity contribution < 1.29 is 4.74 Å². The molecule has 0 heterocycles. The highest BCUT2D eigenvalue weighted by molar-refractivity contribution is 6.31. The number of nitriles is 2. The maximum atomic E-state index is 9.08. The molecule has 1 aliphatic rings. The van der Waals surface area contributed by atoms with Crippen molar-refractivity contribution in [3.05, 3.63) is 28.8 Å². The first kappa shape index (κ1) is 15.3. The molecule has 0 unspecified atom stereocenters.